The van der Waals surface area contributed by atoms with Gasteiger partial charge in [-0.1, -0.05) is 0 Å². The second-order valence-electron chi connectivity index (χ2n) is 4.32. The molecule has 2 N–H and O–H groups in total. The average molecular weight is 621 g/mol. The van der Waals surface area contributed by atoms with Gasteiger partial charge in [-0.3, -0.25) is 0 Å². The minimum absolute atomic E-state index is 0.626. The largest absolute Gasteiger partial charge is 0.493 e. The van der Waals surface area contributed by atoms with E-state index >= 15 is 0 Å². The van der Waals surface area contributed by atoms with Crippen LogP contribution >= 0.6 is 67.8 Å². The Hall–Kier alpha value is 0.0300. The van der Waals surface area contributed by atoms with Gasteiger partial charge in [-0.05, 0) is 104 Å². The van der Waals surface area contributed by atoms with Gasteiger partial charge in [0.05, 0.1) is 20.4 Å². The summed E-state index contributed by atoms with van der Waals surface area (Å²) in [5, 5.41) is 0. The van der Waals surface area contributed by atoms with Gasteiger partial charge in [0.2, 0.25) is 0 Å². The summed E-state index contributed by atoms with van der Waals surface area (Å²) in [6, 6.07) is 11.7. The topological polar surface area (TPSA) is 44.5 Å². The third-order valence-electron chi connectivity index (χ3n) is 2.65. The van der Waals surface area contributed by atoms with Crippen molar-refractivity contribution in [3.63, 3.8) is 0 Å². The fourth-order valence-corrected chi connectivity index (χ4v) is 5.55. The predicted octanol–water partition coefficient (Wildman–Crippen LogP) is 4.93. The minimum Gasteiger partial charge on any atom is -0.493 e. The van der Waals surface area contributed by atoms with Crippen LogP contribution in [0.3, 0.4) is 0 Å². The summed E-state index contributed by atoms with van der Waals surface area (Å²) in [7, 11) is 0. The van der Waals surface area contributed by atoms with E-state index in [1.807, 2.05) is 24.3 Å². The lowest BCUT2D eigenvalue weighted by Crippen LogP contribution is -2.06. The zero-order valence-electron chi connectivity index (χ0n) is 11.1. The fourth-order valence-electron chi connectivity index (χ4n) is 1.65. The van der Waals surface area contributed by atoms with E-state index < -0.39 is 0 Å². The third-order valence-corrected chi connectivity index (χ3v) is 4.87. The second kappa shape index (κ2) is 8.61. The highest BCUT2D eigenvalue weighted by atomic mass is 127. The zero-order valence-corrected chi connectivity index (χ0v) is 17.6. The highest BCUT2D eigenvalue weighted by Gasteiger charge is 2.07. The van der Waals surface area contributed by atoms with Crippen molar-refractivity contribution in [1.29, 1.82) is 0 Å². The Kier molecular flexibility index (Phi) is 7.13. The standard InChI is InChI=1S/C15H14I3NO2/c16-10-8-13(17)15(14(18)9-10)21-7-1-6-20-12-4-2-11(19)3-5-12/h2-5,8-9H,1,6-7,19H2. The van der Waals surface area contributed by atoms with Crippen LogP contribution in [-0.4, -0.2) is 13.2 Å². The highest BCUT2D eigenvalue weighted by Crippen LogP contribution is 2.29. The number of hydrogen-bond acceptors (Lipinski definition) is 3. The molecule has 0 unspecified atom stereocenters. The molecule has 0 saturated heterocycles. The monoisotopic (exact) mass is 621 g/mol. The average Bonchev–Trinajstić information content (AvgIpc) is 2.43. The smallest absolute Gasteiger partial charge is 0.145 e. The van der Waals surface area contributed by atoms with Crippen LogP contribution in [0.1, 0.15) is 6.42 Å². The number of rotatable bonds is 6. The molecule has 0 saturated carbocycles. The number of anilines is 1. The Morgan fingerprint density at radius 2 is 1.43 bits per heavy atom. The molecule has 2 aromatic carbocycles. The van der Waals surface area contributed by atoms with Crippen molar-refractivity contribution in [1.82, 2.24) is 0 Å². The van der Waals surface area contributed by atoms with Crippen molar-refractivity contribution >= 4 is 73.5 Å². The molecule has 0 aliphatic rings. The van der Waals surface area contributed by atoms with Gasteiger partial charge in [-0.15, -0.1) is 0 Å². The van der Waals surface area contributed by atoms with Crippen LogP contribution in [0.25, 0.3) is 0 Å². The molecule has 0 radical (unpaired) electrons. The van der Waals surface area contributed by atoms with E-state index in [4.69, 9.17) is 15.2 Å². The maximum Gasteiger partial charge on any atom is 0.145 e. The molecule has 0 aromatic heterocycles. The quantitative estimate of drug-likeness (QED) is 0.283. The van der Waals surface area contributed by atoms with Crippen LogP contribution in [0.5, 0.6) is 11.5 Å². The summed E-state index contributed by atoms with van der Waals surface area (Å²) in [5.74, 6) is 1.80. The maximum absolute atomic E-state index is 5.86. The first-order valence-corrected chi connectivity index (χ1v) is 9.55. The molecule has 21 heavy (non-hydrogen) atoms. The van der Waals surface area contributed by atoms with E-state index in [2.05, 4.69) is 79.9 Å². The summed E-state index contributed by atoms with van der Waals surface area (Å²) in [6.45, 7) is 1.27. The Morgan fingerprint density at radius 1 is 0.857 bits per heavy atom. The lowest BCUT2D eigenvalue weighted by atomic mass is 10.3. The predicted molar refractivity (Wildman–Crippen MR) is 111 cm³/mol. The number of hydrogen-bond donors (Lipinski definition) is 1. The fraction of sp³-hybridized carbons (Fsp3) is 0.200. The lowest BCUT2D eigenvalue weighted by Gasteiger charge is -2.11. The van der Waals surface area contributed by atoms with Crippen molar-refractivity contribution in [3.8, 4) is 11.5 Å². The van der Waals surface area contributed by atoms with E-state index in [-0.39, 0.29) is 0 Å². The molecule has 0 aliphatic heterocycles. The third kappa shape index (κ3) is 5.62. The molecule has 2 rings (SSSR count). The van der Waals surface area contributed by atoms with Crippen molar-refractivity contribution in [2.75, 3.05) is 18.9 Å². The number of benzene rings is 2. The molecule has 0 fully saturated rings. The lowest BCUT2D eigenvalue weighted by molar-refractivity contribution is 0.245. The summed E-state index contributed by atoms with van der Waals surface area (Å²) in [4.78, 5) is 0. The van der Waals surface area contributed by atoms with Gasteiger partial charge in [0.15, 0.2) is 0 Å². The Labute approximate surface area is 165 Å². The van der Waals surface area contributed by atoms with E-state index in [0.29, 0.717) is 13.2 Å². The number of nitrogens with two attached hydrogens (primary N) is 1. The van der Waals surface area contributed by atoms with Crippen LogP contribution in [0.4, 0.5) is 5.69 Å². The Morgan fingerprint density at radius 3 is 2.05 bits per heavy atom. The van der Waals surface area contributed by atoms with E-state index in [1.165, 1.54) is 3.57 Å². The van der Waals surface area contributed by atoms with Crippen LogP contribution in [0.2, 0.25) is 0 Å². The number of ether oxygens (including phenoxy) is 2. The molecule has 0 amide bonds. The molecule has 0 atom stereocenters. The van der Waals surface area contributed by atoms with Gasteiger partial charge in [0.25, 0.3) is 0 Å². The first-order chi connectivity index (χ1) is 10.1. The summed E-state index contributed by atoms with van der Waals surface area (Å²) in [5.41, 5.74) is 6.37. The zero-order chi connectivity index (χ0) is 15.2. The van der Waals surface area contributed by atoms with E-state index in [9.17, 15) is 0 Å². The molecule has 2 aromatic rings. The molecule has 6 heteroatoms. The van der Waals surface area contributed by atoms with Crippen molar-refractivity contribution < 1.29 is 9.47 Å². The van der Waals surface area contributed by atoms with Crippen LogP contribution < -0.4 is 15.2 Å². The van der Waals surface area contributed by atoms with Gasteiger partial charge >= 0.3 is 0 Å². The summed E-state index contributed by atoms with van der Waals surface area (Å²) in [6.07, 6.45) is 0.836. The van der Waals surface area contributed by atoms with Gasteiger partial charge in [-0.25, -0.2) is 0 Å². The highest BCUT2D eigenvalue weighted by molar-refractivity contribution is 14.1. The van der Waals surface area contributed by atoms with Gasteiger partial charge in [-0.2, -0.15) is 0 Å². The van der Waals surface area contributed by atoms with E-state index in [0.717, 1.165) is 30.7 Å². The summed E-state index contributed by atoms with van der Waals surface area (Å²) >= 11 is 6.93. The molecule has 0 aliphatic carbocycles. The van der Waals surface area contributed by atoms with Crippen molar-refractivity contribution in [3.05, 3.63) is 47.1 Å². The van der Waals surface area contributed by atoms with E-state index in [1.54, 1.807) is 0 Å². The molecular weight excluding hydrogens is 607 g/mol. The number of halogens is 3. The minimum atomic E-state index is 0.626. The Balaban J connectivity index is 1.76. The second-order valence-corrected chi connectivity index (χ2v) is 7.89. The molecule has 0 bridgehead atoms. The maximum atomic E-state index is 5.86. The molecular formula is C15H14I3NO2. The van der Waals surface area contributed by atoms with Gasteiger partial charge < -0.3 is 15.2 Å². The first-order valence-electron chi connectivity index (χ1n) is 6.32. The normalized spacial score (nSPS) is 10.4. The molecule has 112 valence electrons. The number of nitrogen functional groups attached to an aromatic ring is 1. The van der Waals surface area contributed by atoms with Gasteiger partial charge in [0, 0.05) is 15.7 Å². The van der Waals surface area contributed by atoms with Crippen LogP contribution in [0, 0.1) is 10.7 Å². The first kappa shape index (κ1) is 17.4. The molecule has 0 spiro atoms. The van der Waals surface area contributed by atoms with Crippen LogP contribution in [0.15, 0.2) is 36.4 Å². The van der Waals surface area contributed by atoms with Crippen LogP contribution in [-0.2, 0) is 0 Å². The van der Waals surface area contributed by atoms with Gasteiger partial charge in [0.1, 0.15) is 11.5 Å². The van der Waals surface area contributed by atoms with Crippen molar-refractivity contribution in [2.45, 2.75) is 6.42 Å². The van der Waals surface area contributed by atoms with Crippen molar-refractivity contribution in [2.24, 2.45) is 0 Å². The SMILES string of the molecule is Nc1ccc(OCCCOc2c(I)cc(I)cc2I)cc1. The summed E-state index contributed by atoms with van der Waals surface area (Å²) < 4.78 is 15.0. The molecule has 3 nitrogen and oxygen atoms in total. The Bertz CT molecular complexity index is 579. The molecule has 0 heterocycles.